The van der Waals surface area contributed by atoms with E-state index in [-0.39, 0.29) is 0 Å². The van der Waals surface area contributed by atoms with Crippen LogP contribution in [-0.2, 0) is 4.79 Å². The largest absolute Gasteiger partial charge is 0.479 e. The summed E-state index contributed by atoms with van der Waals surface area (Å²) in [6.45, 7) is 1.45. The third-order valence-electron chi connectivity index (χ3n) is 3.14. The van der Waals surface area contributed by atoms with Gasteiger partial charge in [0.15, 0.2) is 17.6 Å². The minimum absolute atomic E-state index is 0.308. The molecule has 23 heavy (non-hydrogen) atoms. The molecule has 0 aliphatic rings. The highest BCUT2D eigenvalue weighted by molar-refractivity contribution is 5.74. The molecular formula is C17H14N2O4. The van der Waals surface area contributed by atoms with Gasteiger partial charge in [-0.25, -0.2) is 14.8 Å². The molecule has 2 aromatic carbocycles. The van der Waals surface area contributed by atoms with Crippen LogP contribution in [0, 0.1) is 0 Å². The number of hydrogen-bond donors (Lipinski definition) is 1. The molecule has 1 unspecified atom stereocenters. The van der Waals surface area contributed by atoms with Crippen molar-refractivity contribution in [2.24, 2.45) is 0 Å². The highest BCUT2D eigenvalue weighted by Crippen LogP contribution is 2.31. The van der Waals surface area contributed by atoms with E-state index in [1.807, 2.05) is 24.3 Å². The van der Waals surface area contributed by atoms with E-state index in [1.165, 1.54) is 13.1 Å². The van der Waals surface area contributed by atoms with E-state index in [4.69, 9.17) is 14.6 Å². The van der Waals surface area contributed by atoms with E-state index in [0.717, 1.165) is 5.52 Å². The number of fused-ring (bicyclic) bond motifs is 1. The van der Waals surface area contributed by atoms with Crippen LogP contribution in [0.15, 0.2) is 54.7 Å². The lowest BCUT2D eigenvalue weighted by Gasteiger charge is -2.14. The molecular weight excluding hydrogens is 296 g/mol. The van der Waals surface area contributed by atoms with Gasteiger partial charge in [-0.05, 0) is 31.2 Å². The smallest absolute Gasteiger partial charge is 0.344 e. The summed E-state index contributed by atoms with van der Waals surface area (Å²) in [5.41, 5.74) is 1.48. The van der Waals surface area contributed by atoms with Gasteiger partial charge in [0, 0.05) is 0 Å². The van der Waals surface area contributed by atoms with Gasteiger partial charge in [0.05, 0.1) is 17.2 Å². The average Bonchev–Trinajstić information content (AvgIpc) is 2.56. The quantitative estimate of drug-likeness (QED) is 0.779. The molecule has 6 heteroatoms. The van der Waals surface area contributed by atoms with Crippen LogP contribution in [0.25, 0.3) is 11.0 Å². The highest BCUT2D eigenvalue weighted by atomic mass is 16.5. The topological polar surface area (TPSA) is 81.5 Å². The number of rotatable bonds is 5. The molecule has 0 spiro atoms. The summed E-state index contributed by atoms with van der Waals surface area (Å²) in [7, 11) is 0. The fourth-order valence-electron chi connectivity index (χ4n) is 1.97. The lowest BCUT2D eigenvalue weighted by Crippen LogP contribution is -2.23. The number of hydrogen-bond acceptors (Lipinski definition) is 5. The van der Waals surface area contributed by atoms with Crippen molar-refractivity contribution < 1.29 is 19.4 Å². The first kappa shape index (κ1) is 14.8. The molecule has 0 radical (unpaired) electrons. The van der Waals surface area contributed by atoms with E-state index >= 15 is 0 Å². The Balaban J connectivity index is 1.88. The third kappa shape index (κ3) is 3.37. The second-order valence-electron chi connectivity index (χ2n) is 4.84. The molecule has 116 valence electrons. The van der Waals surface area contributed by atoms with Gasteiger partial charge in [-0.1, -0.05) is 24.3 Å². The zero-order valence-corrected chi connectivity index (χ0v) is 12.3. The molecule has 3 rings (SSSR count). The van der Waals surface area contributed by atoms with E-state index < -0.39 is 12.1 Å². The number of nitrogens with zero attached hydrogens (tertiary/aromatic N) is 2. The molecule has 0 saturated heterocycles. The predicted molar refractivity (Wildman–Crippen MR) is 83.8 cm³/mol. The highest BCUT2D eigenvalue weighted by Gasteiger charge is 2.16. The Bertz CT molecular complexity index is 851. The lowest BCUT2D eigenvalue weighted by atomic mass is 10.3. The van der Waals surface area contributed by atoms with Crippen molar-refractivity contribution in [1.82, 2.24) is 9.97 Å². The van der Waals surface area contributed by atoms with E-state index in [9.17, 15) is 4.79 Å². The SMILES string of the molecule is CC(Oc1ccccc1Oc1cnc2ccccc2n1)C(=O)O. The number of carboxylic acids is 1. The number of aliphatic carboxylic acids is 1. The number of para-hydroxylation sites is 4. The normalized spacial score (nSPS) is 11.9. The second kappa shape index (κ2) is 6.31. The number of carbonyl (C=O) groups is 1. The molecule has 0 aliphatic carbocycles. The third-order valence-corrected chi connectivity index (χ3v) is 3.14. The number of carboxylic acid groups (broad SMARTS) is 1. The molecule has 0 bridgehead atoms. The summed E-state index contributed by atoms with van der Waals surface area (Å²) in [6, 6.07) is 14.3. The van der Waals surface area contributed by atoms with Crippen molar-refractivity contribution in [3.63, 3.8) is 0 Å². The predicted octanol–water partition coefficient (Wildman–Crippen LogP) is 3.27. The zero-order chi connectivity index (χ0) is 16.2. The first-order valence-corrected chi connectivity index (χ1v) is 7.01. The fraction of sp³-hybridized carbons (Fsp3) is 0.118. The molecule has 6 nitrogen and oxygen atoms in total. The van der Waals surface area contributed by atoms with Gasteiger partial charge in [-0.3, -0.25) is 0 Å². The fourth-order valence-corrected chi connectivity index (χ4v) is 1.97. The summed E-state index contributed by atoms with van der Waals surface area (Å²) in [6.07, 6.45) is 0.530. The van der Waals surface area contributed by atoms with E-state index in [0.29, 0.717) is 22.9 Å². The van der Waals surface area contributed by atoms with Gasteiger partial charge in [0.1, 0.15) is 0 Å². The first-order chi connectivity index (χ1) is 11.1. The Morgan fingerprint density at radius 2 is 1.70 bits per heavy atom. The van der Waals surface area contributed by atoms with Crippen molar-refractivity contribution >= 4 is 17.0 Å². The molecule has 3 aromatic rings. The number of benzene rings is 2. The van der Waals surface area contributed by atoms with Crippen LogP contribution in [-0.4, -0.2) is 27.1 Å². The standard InChI is InChI=1S/C17H14N2O4/c1-11(17(20)21)22-14-8-4-5-9-15(14)23-16-10-18-12-6-2-3-7-13(12)19-16/h2-11H,1H3,(H,20,21). The van der Waals surface area contributed by atoms with E-state index in [1.54, 1.807) is 24.3 Å². The van der Waals surface area contributed by atoms with Crippen LogP contribution < -0.4 is 9.47 Å². The van der Waals surface area contributed by atoms with Crippen LogP contribution in [0.5, 0.6) is 17.4 Å². The minimum Gasteiger partial charge on any atom is -0.479 e. The average molecular weight is 310 g/mol. The van der Waals surface area contributed by atoms with Crippen LogP contribution in [0.1, 0.15) is 6.92 Å². The van der Waals surface area contributed by atoms with Gasteiger partial charge < -0.3 is 14.6 Å². The van der Waals surface area contributed by atoms with Gasteiger partial charge in [0.25, 0.3) is 0 Å². The van der Waals surface area contributed by atoms with Crippen LogP contribution in [0.4, 0.5) is 0 Å². The van der Waals surface area contributed by atoms with E-state index in [2.05, 4.69) is 9.97 Å². The molecule has 0 fully saturated rings. The van der Waals surface area contributed by atoms with Crippen LogP contribution >= 0.6 is 0 Å². The Morgan fingerprint density at radius 3 is 2.43 bits per heavy atom. The molecule has 0 amide bonds. The van der Waals surface area contributed by atoms with Gasteiger partial charge >= 0.3 is 5.97 Å². The minimum atomic E-state index is -1.05. The van der Waals surface area contributed by atoms with Crippen molar-refractivity contribution in [2.45, 2.75) is 13.0 Å². The van der Waals surface area contributed by atoms with Crippen LogP contribution in [0.2, 0.25) is 0 Å². The van der Waals surface area contributed by atoms with Gasteiger partial charge in [-0.2, -0.15) is 0 Å². The van der Waals surface area contributed by atoms with Gasteiger partial charge in [-0.15, -0.1) is 0 Å². The molecule has 1 aromatic heterocycles. The maximum Gasteiger partial charge on any atom is 0.344 e. The summed E-state index contributed by atoms with van der Waals surface area (Å²) in [5.74, 6) is -0.0319. The molecule has 1 N–H and O–H groups in total. The van der Waals surface area contributed by atoms with Crippen molar-refractivity contribution in [3.8, 4) is 17.4 Å². The van der Waals surface area contributed by atoms with Crippen LogP contribution in [0.3, 0.4) is 0 Å². The zero-order valence-electron chi connectivity index (χ0n) is 12.3. The molecule has 1 heterocycles. The van der Waals surface area contributed by atoms with Crippen molar-refractivity contribution in [1.29, 1.82) is 0 Å². The summed E-state index contributed by atoms with van der Waals surface area (Å²) in [4.78, 5) is 19.6. The lowest BCUT2D eigenvalue weighted by molar-refractivity contribution is -0.144. The van der Waals surface area contributed by atoms with Crippen molar-refractivity contribution in [3.05, 3.63) is 54.7 Å². The maximum absolute atomic E-state index is 10.9. The van der Waals surface area contributed by atoms with Crippen molar-refractivity contribution in [2.75, 3.05) is 0 Å². The monoisotopic (exact) mass is 310 g/mol. The summed E-state index contributed by atoms with van der Waals surface area (Å²) in [5, 5.41) is 8.95. The Labute approximate surface area is 132 Å². The van der Waals surface area contributed by atoms with Gasteiger partial charge in [0.2, 0.25) is 5.88 Å². The summed E-state index contributed by atoms with van der Waals surface area (Å²) < 4.78 is 11.1. The molecule has 0 saturated carbocycles. The number of ether oxygens (including phenoxy) is 2. The maximum atomic E-state index is 10.9. The Hall–Kier alpha value is -3.15. The number of aromatic nitrogens is 2. The second-order valence-corrected chi connectivity index (χ2v) is 4.84. The first-order valence-electron chi connectivity index (χ1n) is 7.01. The Kier molecular flexibility index (Phi) is 4.05. The Morgan fingerprint density at radius 1 is 1.04 bits per heavy atom. The summed E-state index contributed by atoms with van der Waals surface area (Å²) >= 11 is 0. The molecule has 0 aliphatic heterocycles. The molecule has 1 atom stereocenters.